The summed E-state index contributed by atoms with van der Waals surface area (Å²) in [4.78, 5) is 14.7. The highest BCUT2D eigenvalue weighted by molar-refractivity contribution is 7.19. The topological polar surface area (TPSA) is 38.8 Å². The number of halogens is 1. The first-order chi connectivity index (χ1) is 10.9. The van der Waals surface area contributed by atoms with Crippen molar-refractivity contribution in [2.45, 2.75) is 19.4 Å². The first-order valence-electron chi connectivity index (χ1n) is 7.27. The normalized spacial score (nSPS) is 11.9. The lowest BCUT2D eigenvalue weighted by atomic mass is 10.1. The fourth-order valence-electron chi connectivity index (χ4n) is 2.13. The summed E-state index contributed by atoms with van der Waals surface area (Å²) in [6, 6.07) is 9.41. The maximum absolute atomic E-state index is 12.1. The van der Waals surface area contributed by atoms with E-state index in [4.69, 9.17) is 21.1 Å². The number of thiophene rings is 1. The average Bonchev–Trinajstić information content (AvgIpc) is 2.98. The molecule has 0 spiro atoms. The van der Waals surface area contributed by atoms with E-state index in [2.05, 4.69) is 0 Å². The highest BCUT2D eigenvalue weighted by atomic mass is 35.5. The number of nitrogens with zero attached hydrogens (tertiary/aromatic N) is 1. The number of methoxy groups -OCH3 is 1. The van der Waals surface area contributed by atoms with Crippen LogP contribution in [-0.2, 0) is 4.79 Å². The van der Waals surface area contributed by atoms with Gasteiger partial charge in [-0.05, 0) is 36.2 Å². The molecule has 0 aliphatic heterocycles. The van der Waals surface area contributed by atoms with E-state index in [1.165, 1.54) is 16.2 Å². The molecule has 0 saturated carbocycles. The van der Waals surface area contributed by atoms with Gasteiger partial charge in [0.1, 0.15) is 11.5 Å². The van der Waals surface area contributed by atoms with E-state index in [-0.39, 0.29) is 5.91 Å². The van der Waals surface area contributed by atoms with Crippen LogP contribution < -0.4 is 9.47 Å². The Kier molecular flexibility index (Phi) is 5.91. The fourth-order valence-corrected chi connectivity index (χ4v) is 3.16. The Labute approximate surface area is 145 Å². The Morgan fingerprint density at radius 1 is 1.26 bits per heavy atom. The molecular weight excluding hydrogens is 334 g/mol. The molecule has 0 aliphatic rings. The molecule has 0 N–H and O–H groups in total. The minimum atomic E-state index is -0.517. The van der Waals surface area contributed by atoms with Gasteiger partial charge in [0.05, 0.1) is 11.4 Å². The molecule has 0 aliphatic carbocycles. The van der Waals surface area contributed by atoms with Crippen LogP contribution in [0.4, 0.5) is 0 Å². The van der Waals surface area contributed by atoms with Gasteiger partial charge < -0.3 is 14.4 Å². The van der Waals surface area contributed by atoms with Gasteiger partial charge in [0.25, 0.3) is 5.91 Å². The second-order valence-electron chi connectivity index (χ2n) is 5.25. The van der Waals surface area contributed by atoms with Gasteiger partial charge in [-0.25, -0.2) is 0 Å². The molecule has 2 rings (SSSR count). The summed E-state index contributed by atoms with van der Waals surface area (Å²) in [5, 5.41) is 0. The number of rotatable bonds is 6. The van der Waals surface area contributed by atoms with E-state index >= 15 is 0 Å². The molecule has 0 fully saturated rings. The quantitative estimate of drug-likeness (QED) is 0.776. The van der Waals surface area contributed by atoms with Gasteiger partial charge in [0.2, 0.25) is 0 Å². The average molecular weight is 354 g/mol. The number of carbonyl (C=O) groups is 1. The second-order valence-corrected chi connectivity index (χ2v) is 6.96. The summed E-state index contributed by atoms with van der Waals surface area (Å²) in [6.07, 6.45) is 0.0749. The minimum Gasteiger partial charge on any atom is -0.497 e. The molecule has 1 unspecified atom stereocenters. The molecule has 4 nitrogen and oxygen atoms in total. The van der Waals surface area contributed by atoms with Gasteiger partial charge in [-0.3, -0.25) is 4.79 Å². The largest absolute Gasteiger partial charge is 0.497 e. The molecule has 23 heavy (non-hydrogen) atoms. The van der Waals surface area contributed by atoms with Gasteiger partial charge in [-0.1, -0.05) is 18.5 Å². The van der Waals surface area contributed by atoms with Crippen LogP contribution in [0.25, 0.3) is 10.4 Å². The SMILES string of the molecule is CCC(Oc1cc(OC)cc(-c2ccc(Cl)s2)c1)C(=O)N(C)C. The lowest BCUT2D eigenvalue weighted by Gasteiger charge is -2.21. The molecule has 124 valence electrons. The number of ether oxygens (including phenoxy) is 2. The Morgan fingerprint density at radius 3 is 2.48 bits per heavy atom. The minimum absolute atomic E-state index is 0.0592. The summed E-state index contributed by atoms with van der Waals surface area (Å²) >= 11 is 7.50. The highest BCUT2D eigenvalue weighted by Gasteiger charge is 2.20. The molecule has 0 saturated heterocycles. The van der Waals surface area contributed by atoms with Crippen molar-refractivity contribution in [3.8, 4) is 21.9 Å². The molecule has 1 aromatic carbocycles. The van der Waals surface area contributed by atoms with Crippen molar-refractivity contribution in [3.05, 3.63) is 34.7 Å². The van der Waals surface area contributed by atoms with E-state index in [1.54, 1.807) is 27.3 Å². The van der Waals surface area contributed by atoms with Crippen molar-refractivity contribution in [1.29, 1.82) is 0 Å². The fraction of sp³-hybridized carbons (Fsp3) is 0.353. The predicted molar refractivity (Wildman–Crippen MR) is 94.7 cm³/mol. The molecule has 1 amide bonds. The first kappa shape index (κ1) is 17.6. The van der Waals surface area contributed by atoms with E-state index in [9.17, 15) is 4.79 Å². The lowest BCUT2D eigenvalue weighted by Crippen LogP contribution is -2.37. The van der Waals surface area contributed by atoms with Crippen LogP contribution in [0, 0.1) is 0 Å². The highest BCUT2D eigenvalue weighted by Crippen LogP contribution is 2.36. The number of hydrogen-bond donors (Lipinski definition) is 0. The number of likely N-dealkylation sites (N-methyl/N-ethyl adjacent to an activating group) is 1. The zero-order valence-electron chi connectivity index (χ0n) is 13.6. The molecule has 6 heteroatoms. The van der Waals surface area contributed by atoms with E-state index in [0.29, 0.717) is 17.9 Å². The van der Waals surface area contributed by atoms with Crippen LogP contribution in [0.5, 0.6) is 11.5 Å². The van der Waals surface area contributed by atoms with Gasteiger partial charge >= 0.3 is 0 Å². The second kappa shape index (κ2) is 7.70. The monoisotopic (exact) mass is 353 g/mol. The third kappa shape index (κ3) is 4.39. The van der Waals surface area contributed by atoms with Gasteiger partial charge in [0, 0.05) is 25.0 Å². The summed E-state index contributed by atoms with van der Waals surface area (Å²) in [7, 11) is 5.05. The maximum Gasteiger partial charge on any atom is 0.263 e. The van der Waals surface area contributed by atoms with Crippen LogP contribution in [0.15, 0.2) is 30.3 Å². The molecule has 0 radical (unpaired) electrons. The Balaban J connectivity index is 2.33. The third-order valence-electron chi connectivity index (χ3n) is 3.34. The Hall–Kier alpha value is -1.72. The van der Waals surface area contributed by atoms with Crippen LogP contribution in [0.3, 0.4) is 0 Å². The molecule has 2 aromatic rings. The zero-order valence-corrected chi connectivity index (χ0v) is 15.2. The third-order valence-corrected chi connectivity index (χ3v) is 4.62. The van der Waals surface area contributed by atoms with Crippen molar-refractivity contribution in [1.82, 2.24) is 4.90 Å². The standard InChI is InChI=1S/C17H20ClNO3S/c1-5-14(17(20)19(2)3)22-13-9-11(8-12(10-13)21-4)15-6-7-16(18)23-15/h6-10,14H,5H2,1-4H3. The van der Waals surface area contributed by atoms with Crippen molar-refractivity contribution in [3.63, 3.8) is 0 Å². The van der Waals surface area contributed by atoms with Crippen molar-refractivity contribution in [2.24, 2.45) is 0 Å². The summed E-state index contributed by atoms with van der Waals surface area (Å²) < 4.78 is 12.0. The molecule has 1 aromatic heterocycles. The molecular formula is C17H20ClNO3S. The zero-order chi connectivity index (χ0) is 17.0. The van der Waals surface area contributed by atoms with Crippen LogP contribution in [0.1, 0.15) is 13.3 Å². The number of carbonyl (C=O) groups excluding carboxylic acids is 1. The van der Waals surface area contributed by atoms with Crippen molar-refractivity contribution in [2.75, 3.05) is 21.2 Å². The van der Waals surface area contributed by atoms with E-state index < -0.39 is 6.10 Å². The van der Waals surface area contributed by atoms with Crippen LogP contribution in [-0.4, -0.2) is 38.1 Å². The van der Waals surface area contributed by atoms with Crippen molar-refractivity contribution < 1.29 is 14.3 Å². The van der Waals surface area contributed by atoms with Crippen molar-refractivity contribution >= 4 is 28.8 Å². The van der Waals surface area contributed by atoms with Gasteiger partial charge in [-0.15, -0.1) is 11.3 Å². The van der Waals surface area contributed by atoms with E-state index in [0.717, 1.165) is 14.8 Å². The first-order valence-corrected chi connectivity index (χ1v) is 8.46. The van der Waals surface area contributed by atoms with Gasteiger partial charge in [0.15, 0.2) is 6.10 Å². The smallest absolute Gasteiger partial charge is 0.263 e. The maximum atomic E-state index is 12.1. The molecule has 1 atom stereocenters. The molecule has 1 heterocycles. The lowest BCUT2D eigenvalue weighted by molar-refractivity contribution is -0.136. The number of hydrogen-bond acceptors (Lipinski definition) is 4. The van der Waals surface area contributed by atoms with Crippen LogP contribution >= 0.6 is 22.9 Å². The predicted octanol–water partition coefficient (Wildman–Crippen LogP) is 4.32. The summed E-state index contributed by atoms with van der Waals surface area (Å²) in [5.41, 5.74) is 0.948. The Morgan fingerprint density at radius 2 is 1.96 bits per heavy atom. The molecule has 0 bridgehead atoms. The Bertz CT molecular complexity index is 684. The number of benzene rings is 1. The summed E-state index contributed by atoms with van der Waals surface area (Å²) in [5.74, 6) is 1.22. The van der Waals surface area contributed by atoms with Crippen LogP contribution in [0.2, 0.25) is 4.34 Å². The number of amides is 1. The van der Waals surface area contributed by atoms with E-state index in [1.807, 2.05) is 31.2 Å². The summed E-state index contributed by atoms with van der Waals surface area (Å²) in [6.45, 7) is 1.92. The van der Waals surface area contributed by atoms with Gasteiger partial charge in [-0.2, -0.15) is 0 Å².